The number of hydrogen-bond donors (Lipinski definition) is 2. The van der Waals surface area contributed by atoms with Crippen LogP contribution in [0.15, 0.2) is 90.3 Å². The number of amides is 2. The summed E-state index contributed by atoms with van der Waals surface area (Å²) in [5, 5.41) is 5.24. The molecule has 0 saturated heterocycles. The molecule has 5 nitrogen and oxygen atoms in total. The van der Waals surface area contributed by atoms with Gasteiger partial charge in [0.25, 0.3) is 5.91 Å². The van der Waals surface area contributed by atoms with Gasteiger partial charge in [0, 0.05) is 23.2 Å². The molecule has 1 unspecified atom stereocenters. The number of hydrogen-bond acceptors (Lipinski definition) is 3. The second kappa shape index (κ2) is 11.4. The number of benzene rings is 2. The lowest BCUT2D eigenvalue weighted by Gasteiger charge is -2.32. The summed E-state index contributed by atoms with van der Waals surface area (Å²) in [6.07, 6.45) is 5.47. The number of aromatic nitrogens is 1. The quantitative estimate of drug-likeness (QED) is 0.289. The summed E-state index contributed by atoms with van der Waals surface area (Å²) in [7, 11) is 0. The molecule has 0 aliphatic heterocycles. The van der Waals surface area contributed by atoms with Crippen LogP contribution >= 0.6 is 11.3 Å². The lowest BCUT2D eigenvalue weighted by molar-refractivity contribution is -0.127. The van der Waals surface area contributed by atoms with Crippen molar-refractivity contribution in [3.63, 3.8) is 0 Å². The Morgan fingerprint density at radius 1 is 0.889 bits per heavy atom. The molecule has 2 aromatic carbocycles. The van der Waals surface area contributed by atoms with Crippen LogP contribution in [0.4, 0.5) is 0 Å². The van der Waals surface area contributed by atoms with E-state index >= 15 is 0 Å². The van der Waals surface area contributed by atoms with E-state index in [0.717, 1.165) is 47.4 Å². The van der Waals surface area contributed by atoms with Gasteiger partial charge in [-0.05, 0) is 47.5 Å². The van der Waals surface area contributed by atoms with Crippen LogP contribution in [0.1, 0.15) is 59.1 Å². The van der Waals surface area contributed by atoms with Crippen molar-refractivity contribution >= 4 is 23.2 Å². The number of rotatable bonds is 8. The van der Waals surface area contributed by atoms with E-state index in [1.54, 1.807) is 4.90 Å². The van der Waals surface area contributed by atoms with Gasteiger partial charge >= 0.3 is 0 Å². The van der Waals surface area contributed by atoms with E-state index in [1.807, 2.05) is 90.3 Å². The minimum absolute atomic E-state index is 0.108. The van der Waals surface area contributed by atoms with Crippen molar-refractivity contribution in [3.8, 4) is 11.3 Å². The van der Waals surface area contributed by atoms with Crippen LogP contribution in [-0.4, -0.2) is 27.7 Å². The number of nitrogens with one attached hydrogen (secondary N) is 2. The number of carbonyl (C=O) groups is 2. The zero-order valence-electron chi connectivity index (χ0n) is 20.2. The van der Waals surface area contributed by atoms with Crippen LogP contribution in [0.2, 0.25) is 0 Å². The standard InChI is InChI=1S/C30H31N3O2S/c34-29(31-24-15-8-3-9-16-24)28(27-17-10-20-36-27)33(21-22-11-4-1-5-12-22)30(35)26-19-18-25(32-26)23-13-6-2-7-14-23/h1-2,4-7,10-14,17-20,24,28,32H,3,8-9,15-16,21H2,(H,31,34). The zero-order chi connectivity index (χ0) is 24.7. The number of aromatic amines is 1. The minimum Gasteiger partial charge on any atom is -0.351 e. The van der Waals surface area contributed by atoms with Crippen molar-refractivity contribution in [2.75, 3.05) is 0 Å². The number of carbonyl (C=O) groups excluding carboxylic acids is 2. The van der Waals surface area contributed by atoms with Crippen molar-refractivity contribution in [2.45, 2.75) is 50.7 Å². The van der Waals surface area contributed by atoms with E-state index in [0.29, 0.717) is 12.2 Å². The minimum atomic E-state index is -0.705. The van der Waals surface area contributed by atoms with Gasteiger partial charge in [0.1, 0.15) is 11.7 Å². The Morgan fingerprint density at radius 2 is 1.61 bits per heavy atom. The molecule has 184 valence electrons. The summed E-state index contributed by atoms with van der Waals surface area (Å²) in [5.41, 5.74) is 3.33. The van der Waals surface area contributed by atoms with Gasteiger partial charge in [-0.25, -0.2) is 0 Å². The van der Waals surface area contributed by atoms with Crippen molar-refractivity contribution in [3.05, 3.63) is 106 Å². The monoisotopic (exact) mass is 497 g/mol. The smallest absolute Gasteiger partial charge is 0.271 e. The maximum absolute atomic E-state index is 14.0. The summed E-state index contributed by atoms with van der Waals surface area (Å²) in [5.74, 6) is -0.304. The Kier molecular flexibility index (Phi) is 7.62. The molecular weight excluding hydrogens is 466 g/mol. The van der Waals surface area contributed by atoms with E-state index in [2.05, 4.69) is 10.3 Å². The van der Waals surface area contributed by atoms with Gasteiger partial charge in [-0.3, -0.25) is 9.59 Å². The second-order valence-electron chi connectivity index (χ2n) is 9.33. The largest absolute Gasteiger partial charge is 0.351 e. The van der Waals surface area contributed by atoms with Gasteiger partial charge in [0.15, 0.2) is 0 Å². The van der Waals surface area contributed by atoms with E-state index < -0.39 is 6.04 Å². The van der Waals surface area contributed by atoms with Crippen LogP contribution in [-0.2, 0) is 11.3 Å². The van der Waals surface area contributed by atoms with E-state index in [-0.39, 0.29) is 17.9 Å². The van der Waals surface area contributed by atoms with Crippen molar-refractivity contribution in [2.24, 2.45) is 0 Å². The average Bonchev–Trinajstić information content (AvgIpc) is 3.63. The summed E-state index contributed by atoms with van der Waals surface area (Å²) < 4.78 is 0. The topological polar surface area (TPSA) is 65.2 Å². The van der Waals surface area contributed by atoms with Gasteiger partial charge in [-0.2, -0.15) is 0 Å². The summed E-state index contributed by atoms with van der Waals surface area (Å²) in [6.45, 7) is 0.333. The van der Waals surface area contributed by atoms with Crippen molar-refractivity contribution in [1.29, 1.82) is 0 Å². The Bertz CT molecular complexity index is 1260. The third-order valence-electron chi connectivity index (χ3n) is 6.78. The first-order valence-electron chi connectivity index (χ1n) is 12.6. The summed E-state index contributed by atoms with van der Waals surface area (Å²) >= 11 is 1.51. The van der Waals surface area contributed by atoms with Crippen LogP contribution in [0.5, 0.6) is 0 Å². The first-order valence-corrected chi connectivity index (χ1v) is 13.5. The number of H-pyrrole nitrogens is 1. The molecule has 2 heterocycles. The molecule has 0 spiro atoms. The Hall–Kier alpha value is -3.64. The first kappa shape index (κ1) is 24.1. The molecule has 1 aliphatic carbocycles. The zero-order valence-corrected chi connectivity index (χ0v) is 21.0. The molecule has 6 heteroatoms. The van der Waals surface area contributed by atoms with Gasteiger partial charge in [-0.15, -0.1) is 11.3 Å². The predicted molar refractivity (Wildman–Crippen MR) is 145 cm³/mol. The van der Waals surface area contributed by atoms with Crippen LogP contribution in [0.3, 0.4) is 0 Å². The molecule has 2 aromatic heterocycles. The Morgan fingerprint density at radius 3 is 2.31 bits per heavy atom. The summed E-state index contributed by atoms with van der Waals surface area (Å²) in [6, 6.07) is 26.9. The predicted octanol–water partition coefficient (Wildman–Crippen LogP) is 6.58. The fourth-order valence-electron chi connectivity index (χ4n) is 4.92. The van der Waals surface area contributed by atoms with Crippen molar-refractivity contribution in [1.82, 2.24) is 15.2 Å². The van der Waals surface area contributed by atoms with Gasteiger partial charge in [0.2, 0.25) is 5.91 Å². The molecule has 1 saturated carbocycles. The van der Waals surface area contributed by atoms with Gasteiger partial charge in [0.05, 0.1) is 0 Å². The third kappa shape index (κ3) is 5.60. The molecule has 0 radical (unpaired) electrons. The Labute approximate surface area is 216 Å². The molecule has 5 rings (SSSR count). The molecule has 1 fully saturated rings. The SMILES string of the molecule is O=C(NC1CCCCC1)C(c1cccs1)N(Cc1ccccc1)C(=O)c1ccc(-c2ccccc2)[nH]1. The fourth-order valence-corrected chi connectivity index (χ4v) is 5.75. The van der Waals surface area contributed by atoms with Gasteiger partial charge in [-0.1, -0.05) is 86.0 Å². The average molecular weight is 498 g/mol. The molecule has 1 aliphatic rings. The highest BCUT2D eigenvalue weighted by molar-refractivity contribution is 7.10. The van der Waals surface area contributed by atoms with Gasteiger partial charge < -0.3 is 15.2 Å². The highest BCUT2D eigenvalue weighted by Gasteiger charge is 2.34. The van der Waals surface area contributed by atoms with E-state index in [9.17, 15) is 9.59 Å². The van der Waals surface area contributed by atoms with Crippen LogP contribution in [0, 0.1) is 0 Å². The van der Waals surface area contributed by atoms with E-state index in [1.165, 1.54) is 17.8 Å². The molecule has 0 bridgehead atoms. The Balaban J connectivity index is 1.49. The first-order chi connectivity index (χ1) is 17.7. The molecule has 36 heavy (non-hydrogen) atoms. The molecule has 2 amide bonds. The molecule has 1 atom stereocenters. The maximum atomic E-state index is 14.0. The lowest BCUT2D eigenvalue weighted by atomic mass is 9.95. The molecular formula is C30H31N3O2S. The van der Waals surface area contributed by atoms with Crippen molar-refractivity contribution < 1.29 is 9.59 Å². The molecule has 4 aromatic rings. The second-order valence-corrected chi connectivity index (χ2v) is 10.3. The number of thiophene rings is 1. The number of nitrogens with zero attached hydrogens (tertiary/aromatic N) is 1. The third-order valence-corrected chi connectivity index (χ3v) is 7.71. The van der Waals surface area contributed by atoms with Crippen LogP contribution < -0.4 is 5.32 Å². The van der Waals surface area contributed by atoms with Crippen LogP contribution in [0.25, 0.3) is 11.3 Å². The molecule has 2 N–H and O–H groups in total. The fraction of sp³-hybridized carbons (Fsp3) is 0.267. The summed E-state index contributed by atoms with van der Waals surface area (Å²) in [4.78, 5) is 33.7. The normalized spacial score (nSPS) is 14.8. The lowest BCUT2D eigenvalue weighted by Crippen LogP contribution is -2.46. The highest BCUT2D eigenvalue weighted by atomic mass is 32.1. The maximum Gasteiger partial charge on any atom is 0.271 e. The van der Waals surface area contributed by atoms with E-state index in [4.69, 9.17) is 0 Å². The highest BCUT2D eigenvalue weighted by Crippen LogP contribution is 2.30.